The van der Waals surface area contributed by atoms with Gasteiger partial charge in [0.2, 0.25) is 0 Å². The highest BCUT2D eigenvalue weighted by Gasteiger charge is 2.41. The molecule has 0 radical (unpaired) electrons. The SMILES string of the molecule is CCCC1(CN=C(N)C2CCCCC2)CC1. The number of nitrogens with two attached hydrogens (primary N) is 1. The Morgan fingerprint density at radius 3 is 2.50 bits per heavy atom. The molecule has 0 aromatic carbocycles. The fourth-order valence-corrected chi connectivity index (χ4v) is 2.98. The Kier molecular flexibility index (Phi) is 3.88. The largest absolute Gasteiger partial charge is 0.387 e. The summed E-state index contributed by atoms with van der Waals surface area (Å²) in [5.74, 6) is 1.56. The first-order valence-corrected chi connectivity index (χ1v) is 7.06. The third kappa shape index (κ3) is 2.99. The van der Waals surface area contributed by atoms with E-state index in [1.165, 1.54) is 57.8 Å². The molecule has 0 aliphatic heterocycles. The smallest absolute Gasteiger partial charge is 0.0968 e. The highest BCUT2D eigenvalue weighted by atomic mass is 14.9. The summed E-state index contributed by atoms with van der Waals surface area (Å²) >= 11 is 0. The molecule has 0 aromatic rings. The van der Waals surface area contributed by atoms with E-state index in [1.54, 1.807) is 0 Å². The second-order valence-electron chi connectivity index (χ2n) is 5.83. The molecular formula is C14H26N2. The Hall–Kier alpha value is -0.530. The number of hydrogen-bond donors (Lipinski definition) is 1. The van der Waals surface area contributed by atoms with Crippen molar-refractivity contribution in [3.63, 3.8) is 0 Å². The number of hydrogen-bond acceptors (Lipinski definition) is 1. The van der Waals surface area contributed by atoms with Gasteiger partial charge in [-0.1, -0.05) is 32.6 Å². The van der Waals surface area contributed by atoms with Gasteiger partial charge in [-0.25, -0.2) is 0 Å². The average Bonchev–Trinajstić information content (AvgIpc) is 3.08. The second-order valence-corrected chi connectivity index (χ2v) is 5.83. The van der Waals surface area contributed by atoms with Crippen molar-refractivity contribution in [1.82, 2.24) is 0 Å². The van der Waals surface area contributed by atoms with Crippen LogP contribution < -0.4 is 5.73 Å². The predicted molar refractivity (Wildman–Crippen MR) is 69.6 cm³/mol. The molecule has 0 amide bonds. The highest BCUT2D eigenvalue weighted by Crippen LogP contribution is 2.49. The van der Waals surface area contributed by atoms with Crippen molar-refractivity contribution >= 4 is 5.84 Å². The molecule has 2 fully saturated rings. The standard InChI is InChI=1S/C14H26N2/c1-2-8-14(9-10-14)11-16-13(15)12-6-4-3-5-7-12/h12H,2-11H2,1H3,(H2,15,16). The number of aliphatic imine (C=N–C) groups is 1. The van der Waals surface area contributed by atoms with Gasteiger partial charge in [0.25, 0.3) is 0 Å². The first-order valence-electron chi connectivity index (χ1n) is 7.06. The van der Waals surface area contributed by atoms with Crippen LogP contribution in [0.15, 0.2) is 4.99 Å². The van der Waals surface area contributed by atoms with Crippen LogP contribution in [0.2, 0.25) is 0 Å². The summed E-state index contributed by atoms with van der Waals surface area (Å²) in [5.41, 5.74) is 6.69. The van der Waals surface area contributed by atoms with E-state index in [9.17, 15) is 0 Å². The van der Waals surface area contributed by atoms with Gasteiger partial charge in [0.1, 0.15) is 0 Å². The van der Waals surface area contributed by atoms with Crippen LogP contribution in [0.3, 0.4) is 0 Å². The zero-order valence-electron chi connectivity index (χ0n) is 10.7. The Morgan fingerprint density at radius 2 is 1.94 bits per heavy atom. The van der Waals surface area contributed by atoms with Gasteiger partial charge in [-0.3, -0.25) is 4.99 Å². The third-order valence-electron chi connectivity index (χ3n) is 4.36. The van der Waals surface area contributed by atoms with Crippen molar-refractivity contribution in [2.45, 2.75) is 64.7 Å². The van der Waals surface area contributed by atoms with Crippen molar-refractivity contribution in [3.05, 3.63) is 0 Å². The van der Waals surface area contributed by atoms with Gasteiger partial charge in [0.05, 0.1) is 5.84 Å². The molecule has 2 rings (SSSR count). The molecule has 2 nitrogen and oxygen atoms in total. The average molecular weight is 222 g/mol. The van der Waals surface area contributed by atoms with E-state index in [2.05, 4.69) is 6.92 Å². The molecule has 0 aromatic heterocycles. The van der Waals surface area contributed by atoms with E-state index in [-0.39, 0.29) is 0 Å². The molecule has 2 aliphatic rings. The second kappa shape index (κ2) is 5.20. The van der Waals surface area contributed by atoms with E-state index in [0.29, 0.717) is 11.3 Å². The summed E-state index contributed by atoms with van der Waals surface area (Å²) in [6.45, 7) is 3.28. The van der Waals surface area contributed by atoms with Crippen molar-refractivity contribution in [2.75, 3.05) is 6.54 Å². The van der Waals surface area contributed by atoms with Crippen molar-refractivity contribution in [3.8, 4) is 0 Å². The third-order valence-corrected chi connectivity index (χ3v) is 4.36. The first-order chi connectivity index (χ1) is 7.76. The summed E-state index contributed by atoms with van der Waals surface area (Å²) in [4.78, 5) is 4.70. The molecular weight excluding hydrogens is 196 g/mol. The van der Waals surface area contributed by atoms with Crippen LogP contribution in [0.5, 0.6) is 0 Å². The molecule has 92 valence electrons. The van der Waals surface area contributed by atoms with Crippen LogP contribution in [0.1, 0.15) is 64.7 Å². The normalized spacial score (nSPS) is 25.7. The summed E-state index contributed by atoms with van der Waals surface area (Å²) in [6.07, 6.45) is 12.0. The van der Waals surface area contributed by atoms with Gasteiger partial charge in [-0.2, -0.15) is 0 Å². The van der Waals surface area contributed by atoms with Crippen LogP contribution in [0.25, 0.3) is 0 Å². The Labute approximate surface area is 99.7 Å². The molecule has 2 saturated carbocycles. The van der Waals surface area contributed by atoms with Crippen molar-refractivity contribution < 1.29 is 0 Å². The zero-order chi connectivity index (χ0) is 11.4. The fraction of sp³-hybridized carbons (Fsp3) is 0.929. The maximum absolute atomic E-state index is 6.13. The lowest BCUT2D eigenvalue weighted by atomic mass is 9.88. The highest BCUT2D eigenvalue weighted by molar-refractivity contribution is 5.82. The predicted octanol–water partition coefficient (Wildman–Crippen LogP) is 3.50. The molecule has 0 saturated heterocycles. The summed E-state index contributed by atoms with van der Waals surface area (Å²) < 4.78 is 0. The summed E-state index contributed by atoms with van der Waals surface area (Å²) in [6, 6.07) is 0. The van der Waals surface area contributed by atoms with E-state index in [1.807, 2.05) is 0 Å². The van der Waals surface area contributed by atoms with E-state index in [4.69, 9.17) is 10.7 Å². The molecule has 0 heterocycles. The molecule has 0 bridgehead atoms. The van der Waals surface area contributed by atoms with Gasteiger partial charge in [0, 0.05) is 12.5 Å². The maximum atomic E-state index is 6.13. The molecule has 2 heteroatoms. The molecule has 16 heavy (non-hydrogen) atoms. The van der Waals surface area contributed by atoms with Gasteiger partial charge in [0.15, 0.2) is 0 Å². The minimum Gasteiger partial charge on any atom is -0.387 e. The van der Waals surface area contributed by atoms with E-state index >= 15 is 0 Å². The Balaban J connectivity index is 1.81. The quantitative estimate of drug-likeness (QED) is 0.561. The maximum Gasteiger partial charge on any atom is 0.0968 e. The minimum absolute atomic E-state index is 0.564. The lowest BCUT2D eigenvalue weighted by molar-refractivity contribution is 0.431. The summed E-state index contributed by atoms with van der Waals surface area (Å²) in [5, 5.41) is 0. The molecule has 2 N–H and O–H groups in total. The molecule has 0 unspecified atom stereocenters. The van der Waals surface area contributed by atoms with Gasteiger partial charge in [-0.15, -0.1) is 0 Å². The van der Waals surface area contributed by atoms with Crippen LogP contribution in [-0.4, -0.2) is 12.4 Å². The van der Waals surface area contributed by atoms with E-state index < -0.39 is 0 Å². The Morgan fingerprint density at radius 1 is 1.25 bits per heavy atom. The number of rotatable bonds is 5. The minimum atomic E-state index is 0.564. The van der Waals surface area contributed by atoms with Crippen LogP contribution in [0, 0.1) is 11.3 Å². The first kappa shape index (κ1) is 11.9. The number of nitrogens with zero attached hydrogens (tertiary/aromatic N) is 1. The Bertz CT molecular complexity index is 247. The van der Waals surface area contributed by atoms with E-state index in [0.717, 1.165) is 12.4 Å². The van der Waals surface area contributed by atoms with Crippen molar-refractivity contribution in [2.24, 2.45) is 22.1 Å². The van der Waals surface area contributed by atoms with Crippen LogP contribution in [-0.2, 0) is 0 Å². The zero-order valence-corrected chi connectivity index (χ0v) is 10.7. The lowest BCUT2D eigenvalue weighted by Gasteiger charge is -2.21. The molecule has 2 aliphatic carbocycles. The fourth-order valence-electron chi connectivity index (χ4n) is 2.98. The number of amidine groups is 1. The van der Waals surface area contributed by atoms with Gasteiger partial charge < -0.3 is 5.73 Å². The molecule has 0 spiro atoms. The lowest BCUT2D eigenvalue weighted by Crippen LogP contribution is -2.27. The van der Waals surface area contributed by atoms with Crippen molar-refractivity contribution in [1.29, 1.82) is 0 Å². The topological polar surface area (TPSA) is 38.4 Å². The van der Waals surface area contributed by atoms with Crippen LogP contribution in [0.4, 0.5) is 0 Å². The van der Waals surface area contributed by atoms with Gasteiger partial charge >= 0.3 is 0 Å². The van der Waals surface area contributed by atoms with Crippen LogP contribution >= 0.6 is 0 Å². The monoisotopic (exact) mass is 222 g/mol. The van der Waals surface area contributed by atoms with Gasteiger partial charge in [-0.05, 0) is 37.5 Å². The molecule has 0 atom stereocenters. The summed E-state index contributed by atoms with van der Waals surface area (Å²) in [7, 11) is 0.